The van der Waals surface area contributed by atoms with Crippen LogP contribution in [0.4, 0.5) is 0 Å². The summed E-state index contributed by atoms with van der Waals surface area (Å²) in [7, 11) is 2.17. The Balaban J connectivity index is 1.37. The number of aromatic hydroxyl groups is 1. The zero-order valence-electron chi connectivity index (χ0n) is 23.3. The van der Waals surface area contributed by atoms with Crippen molar-refractivity contribution >= 4 is 41.4 Å². The third-order valence-electron chi connectivity index (χ3n) is 8.93. The number of hydrogen-bond acceptors (Lipinski definition) is 6. The second kappa shape index (κ2) is 11.3. The van der Waals surface area contributed by atoms with E-state index in [1.54, 1.807) is 20.2 Å². The summed E-state index contributed by atoms with van der Waals surface area (Å²) in [6.07, 6.45) is 3.73. The largest absolute Gasteiger partial charge is 0.507 e. The molecule has 2 amide bonds. The van der Waals surface area contributed by atoms with Gasteiger partial charge in [0.1, 0.15) is 5.75 Å². The summed E-state index contributed by atoms with van der Waals surface area (Å²) in [6, 6.07) is 21.6. The summed E-state index contributed by atoms with van der Waals surface area (Å²) >= 11 is 0. The average Bonchev–Trinajstić information content (AvgIpc) is 3.20. The molecule has 7 nitrogen and oxygen atoms in total. The Labute approximate surface area is 240 Å². The molecule has 210 valence electrons. The second-order valence-electron chi connectivity index (χ2n) is 11.3. The minimum absolute atomic E-state index is 0.152. The predicted molar refractivity (Wildman–Crippen MR) is 159 cm³/mol. The highest BCUT2D eigenvalue weighted by atomic mass is 16.5. The summed E-state index contributed by atoms with van der Waals surface area (Å²) in [5.74, 6) is -1.24. The third kappa shape index (κ3) is 5.01. The van der Waals surface area contributed by atoms with Crippen molar-refractivity contribution < 1.29 is 29.1 Å². The van der Waals surface area contributed by atoms with Gasteiger partial charge in [-0.05, 0) is 70.8 Å². The average molecular weight is 551 g/mol. The Morgan fingerprint density at radius 3 is 2.51 bits per heavy atom. The molecule has 0 aromatic heterocycles. The molecule has 0 radical (unpaired) electrons. The van der Waals surface area contributed by atoms with Crippen LogP contribution in [0.2, 0.25) is 6.32 Å². The number of carbonyl (C=O) groups excluding carboxylic acids is 2. The Hall–Kier alpha value is -3.72. The molecule has 2 heterocycles. The lowest BCUT2D eigenvalue weighted by atomic mass is 9.58. The number of methoxy groups -OCH3 is 1. The van der Waals surface area contributed by atoms with Gasteiger partial charge in [-0.2, -0.15) is 0 Å². The number of imide groups is 1. The normalized spacial score (nSPS) is 24.7. The van der Waals surface area contributed by atoms with Crippen LogP contribution in [0.15, 0.2) is 77.9 Å². The van der Waals surface area contributed by atoms with Crippen LogP contribution in [0.3, 0.4) is 0 Å². The number of amides is 2. The SMILES string of the molecule is COCC1=C2[C@@H](CC/C(=C/c3ccc(O)c4ccccc34)c3ccccc3)OB(O)C[C@@H]2[C@@H]2C(=O)N(C)C(=O)[C@@H]2C1. The Morgan fingerprint density at radius 2 is 1.76 bits per heavy atom. The molecule has 2 fully saturated rings. The van der Waals surface area contributed by atoms with E-state index < -0.39 is 25.1 Å². The van der Waals surface area contributed by atoms with Gasteiger partial charge in [-0.15, -0.1) is 0 Å². The molecule has 41 heavy (non-hydrogen) atoms. The smallest absolute Gasteiger partial charge is 0.455 e. The number of nitrogens with zero attached hydrogens (tertiary/aromatic N) is 1. The summed E-state index contributed by atoms with van der Waals surface area (Å²) in [5.41, 5.74) is 5.18. The maximum Gasteiger partial charge on any atom is 0.455 e. The van der Waals surface area contributed by atoms with Crippen LogP contribution in [0.1, 0.15) is 30.4 Å². The van der Waals surface area contributed by atoms with Crippen LogP contribution < -0.4 is 0 Å². The van der Waals surface area contributed by atoms with Gasteiger partial charge in [-0.1, -0.05) is 66.7 Å². The number of ether oxygens (including phenoxy) is 1. The summed E-state index contributed by atoms with van der Waals surface area (Å²) in [6.45, 7) is 0.358. The molecule has 2 aliphatic heterocycles. The van der Waals surface area contributed by atoms with Gasteiger partial charge < -0.3 is 19.5 Å². The number of phenolic OH excluding ortho intramolecular Hbond substituents is 1. The lowest BCUT2D eigenvalue weighted by molar-refractivity contribution is -0.138. The van der Waals surface area contributed by atoms with E-state index >= 15 is 0 Å². The third-order valence-corrected chi connectivity index (χ3v) is 8.93. The molecule has 0 bridgehead atoms. The fraction of sp³-hybridized carbons (Fsp3) is 0.333. The first-order valence-electron chi connectivity index (χ1n) is 14.2. The van der Waals surface area contributed by atoms with Crippen LogP contribution >= 0.6 is 0 Å². The van der Waals surface area contributed by atoms with Crippen molar-refractivity contribution in [1.29, 1.82) is 0 Å². The molecule has 0 saturated carbocycles. The van der Waals surface area contributed by atoms with E-state index in [0.717, 1.165) is 38.6 Å². The number of hydrogen-bond donors (Lipinski definition) is 2. The van der Waals surface area contributed by atoms with E-state index in [1.807, 2.05) is 48.5 Å². The van der Waals surface area contributed by atoms with Crippen molar-refractivity contribution in [3.63, 3.8) is 0 Å². The van der Waals surface area contributed by atoms with Gasteiger partial charge in [-0.25, -0.2) is 0 Å². The zero-order chi connectivity index (χ0) is 28.7. The fourth-order valence-electron chi connectivity index (χ4n) is 7.09. The quantitative estimate of drug-likeness (QED) is 0.187. The molecule has 0 unspecified atom stereocenters. The first-order chi connectivity index (χ1) is 19.9. The molecule has 2 saturated heterocycles. The van der Waals surface area contributed by atoms with E-state index in [4.69, 9.17) is 9.39 Å². The summed E-state index contributed by atoms with van der Waals surface area (Å²) in [4.78, 5) is 27.3. The van der Waals surface area contributed by atoms with Crippen LogP contribution in [0, 0.1) is 17.8 Å². The number of phenols is 1. The highest BCUT2D eigenvalue weighted by Gasteiger charge is 2.56. The molecule has 0 spiro atoms. The topological polar surface area (TPSA) is 96.3 Å². The summed E-state index contributed by atoms with van der Waals surface area (Å²) < 4.78 is 11.7. The Morgan fingerprint density at radius 1 is 1.02 bits per heavy atom. The lowest BCUT2D eigenvalue weighted by Crippen LogP contribution is -2.46. The van der Waals surface area contributed by atoms with Crippen molar-refractivity contribution in [2.45, 2.75) is 31.7 Å². The van der Waals surface area contributed by atoms with E-state index in [1.165, 1.54) is 4.90 Å². The van der Waals surface area contributed by atoms with Crippen molar-refractivity contribution in [3.8, 4) is 5.75 Å². The van der Waals surface area contributed by atoms with Crippen molar-refractivity contribution in [2.75, 3.05) is 20.8 Å². The van der Waals surface area contributed by atoms with Crippen LogP contribution in [-0.4, -0.2) is 60.8 Å². The monoisotopic (exact) mass is 551 g/mol. The van der Waals surface area contributed by atoms with E-state index in [0.29, 0.717) is 25.9 Å². The standard InChI is InChI=1S/C33H34BNO6/c1-35-32(37)26-17-23(19-40-2)30-27(31(26)33(35)38)18-34(39)41-29(30)15-13-21(20-8-4-3-5-9-20)16-22-12-14-28(36)25-11-7-6-10-24(22)25/h3-12,14,16,26-27,29,31,36,39H,13,15,17-19H2,1-2H3/b21-16-/t26-,27+,29-,31-/m1/s1. The van der Waals surface area contributed by atoms with Crippen LogP contribution in [0.5, 0.6) is 5.75 Å². The van der Waals surface area contributed by atoms with Crippen LogP contribution in [-0.2, 0) is 19.0 Å². The second-order valence-corrected chi connectivity index (χ2v) is 11.3. The number of allylic oxidation sites excluding steroid dienone is 1. The molecule has 6 rings (SSSR count). The number of carbonyl (C=O) groups is 2. The molecule has 2 N–H and O–H groups in total. The van der Waals surface area contributed by atoms with Crippen molar-refractivity contribution in [3.05, 3.63) is 89.0 Å². The molecule has 8 heteroatoms. The number of rotatable bonds is 7. The zero-order valence-corrected chi connectivity index (χ0v) is 23.3. The molecule has 3 aromatic carbocycles. The van der Waals surface area contributed by atoms with Gasteiger partial charge in [0.05, 0.1) is 24.5 Å². The minimum Gasteiger partial charge on any atom is -0.507 e. The Bertz CT molecular complexity index is 1550. The van der Waals surface area contributed by atoms with E-state index in [2.05, 4.69) is 18.2 Å². The predicted octanol–water partition coefficient (Wildman–Crippen LogP) is 4.94. The molecular weight excluding hydrogens is 517 g/mol. The summed E-state index contributed by atoms with van der Waals surface area (Å²) in [5, 5.41) is 23.0. The number of fused-ring (bicyclic) bond motifs is 4. The first-order valence-corrected chi connectivity index (χ1v) is 14.2. The Kier molecular flexibility index (Phi) is 7.55. The van der Waals surface area contributed by atoms with Gasteiger partial charge in [0.25, 0.3) is 0 Å². The van der Waals surface area contributed by atoms with Gasteiger partial charge in [0.2, 0.25) is 11.8 Å². The molecule has 3 aliphatic rings. The molecule has 3 aromatic rings. The lowest BCUT2D eigenvalue weighted by Gasteiger charge is -2.43. The van der Waals surface area contributed by atoms with Gasteiger partial charge in [0, 0.05) is 19.5 Å². The van der Waals surface area contributed by atoms with Crippen molar-refractivity contribution in [1.82, 2.24) is 4.90 Å². The van der Waals surface area contributed by atoms with Crippen LogP contribution in [0.25, 0.3) is 22.4 Å². The van der Waals surface area contributed by atoms with Gasteiger partial charge in [0.15, 0.2) is 0 Å². The number of benzene rings is 3. The number of likely N-dealkylation sites (tertiary alicyclic amines) is 1. The van der Waals surface area contributed by atoms with E-state index in [-0.39, 0.29) is 29.8 Å². The van der Waals surface area contributed by atoms with Crippen molar-refractivity contribution in [2.24, 2.45) is 17.8 Å². The molecular formula is C33H34BNO6. The molecule has 4 atom stereocenters. The highest BCUT2D eigenvalue weighted by Crippen LogP contribution is 2.50. The fourth-order valence-corrected chi connectivity index (χ4v) is 7.09. The molecule has 1 aliphatic carbocycles. The first kappa shape index (κ1) is 27.5. The van der Waals surface area contributed by atoms with E-state index in [9.17, 15) is 19.7 Å². The maximum atomic E-state index is 13.2. The van der Waals surface area contributed by atoms with Gasteiger partial charge in [-0.3, -0.25) is 14.5 Å². The minimum atomic E-state index is -1.02. The van der Waals surface area contributed by atoms with Gasteiger partial charge >= 0.3 is 7.12 Å². The highest BCUT2D eigenvalue weighted by molar-refractivity contribution is 6.43. The maximum absolute atomic E-state index is 13.2.